The smallest absolute Gasteiger partial charge is 0.255 e. The van der Waals surface area contributed by atoms with E-state index < -0.39 is 0 Å². The Balaban J connectivity index is 2.81. The van der Waals surface area contributed by atoms with Crippen molar-refractivity contribution < 1.29 is 19.7 Å². The number of aromatic hydroxyl groups is 1. The zero-order chi connectivity index (χ0) is 15.2. The number of rotatable bonds is 7. The van der Waals surface area contributed by atoms with Crippen LogP contribution in [-0.4, -0.2) is 36.4 Å². The van der Waals surface area contributed by atoms with Crippen molar-refractivity contribution in [3.63, 3.8) is 0 Å². The lowest BCUT2D eigenvalue weighted by atomic mass is 9.83. The second-order valence-electron chi connectivity index (χ2n) is 4.93. The number of methoxy groups -OCH3 is 1. The number of aliphatic hydroxyl groups is 1. The van der Waals surface area contributed by atoms with Gasteiger partial charge in [-0.3, -0.25) is 4.79 Å². The van der Waals surface area contributed by atoms with Crippen molar-refractivity contribution in [2.24, 2.45) is 5.41 Å². The summed E-state index contributed by atoms with van der Waals surface area (Å²) in [7, 11) is 1.50. The SMILES string of the molecule is CCC(CC)(CO)CNC(=O)c1cc(OC)ccc1O. The summed E-state index contributed by atoms with van der Waals surface area (Å²) in [5, 5.41) is 22.0. The van der Waals surface area contributed by atoms with Crippen LogP contribution in [0.4, 0.5) is 0 Å². The average molecular weight is 281 g/mol. The molecule has 0 aromatic heterocycles. The molecule has 0 fully saturated rings. The van der Waals surface area contributed by atoms with Crippen LogP contribution >= 0.6 is 0 Å². The maximum Gasteiger partial charge on any atom is 0.255 e. The molecule has 0 saturated heterocycles. The topological polar surface area (TPSA) is 78.8 Å². The van der Waals surface area contributed by atoms with Gasteiger partial charge in [-0.1, -0.05) is 13.8 Å². The van der Waals surface area contributed by atoms with E-state index in [9.17, 15) is 15.0 Å². The van der Waals surface area contributed by atoms with Gasteiger partial charge in [0.25, 0.3) is 5.91 Å². The molecule has 20 heavy (non-hydrogen) atoms. The zero-order valence-electron chi connectivity index (χ0n) is 12.3. The van der Waals surface area contributed by atoms with Gasteiger partial charge in [0.05, 0.1) is 19.3 Å². The lowest BCUT2D eigenvalue weighted by Crippen LogP contribution is -2.39. The Bertz CT molecular complexity index is 447. The maximum atomic E-state index is 12.1. The van der Waals surface area contributed by atoms with Crippen molar-refractivity contribution in [2.75, 3.05) is 20.3 Å². The summed E-state index contributed by atoms with van der Waals surface area (Å²) in [5.74, 6) is 0.0411. The van der Waals surface area contributed by atoms with Crippen LogP contribution in [0.3, 0.4) is 0 Å². The Morgan fingerprint density at radius 1 is 1.35 bits per heavy atom. The minimum absolute atomic E-state index is 0.0182. The molecule has 0 radical (unpaired) electrons. The third-order valence-electron chi connectivity index (χ3n) is 3.91. The first-order chi connectivity index (χ1) is 9.51. The number of hydrogen-bond acceptors (Lipinski definition) is 4. The minimum atomic E-state index is -0.374. The van der Waals surface area contributed by atoms with Gasteiger partial charge >= 0.3 is 0 Å². The fraction of sp³-hybridized carbons (Fsp3) is 0.533. The summed E-state index contributed by atoms with van der Waals surface area (Å²) in [6.45, 7) is 4.35. The molecule has 0 spiro atoms. The molecule has 5 heteroatoms. The van der Waals surface area contributed by atoms with E-state index in [1.54, 1.807) is 6.07 Å². The van der Waals surface area contributed by atoms with Crippen molar-refractivity contribution >= 4 is 5.91 Å². The second kappa shape index (κ2) is 7.14. The molecule has 1 amide bonds. The van der Waals surface area contributed by atoms with Crippen LogP contribution in [0.5, 0.6) is 11.5 Å². The van der Waals surface area contributed by atoms with Crippen molar-refractivity contribution in [3.05, 3.63) is 23.8 Å². The standard InChI is InChI=1S/C15H23NO4/c1-4-15(5-2,10-17)9-16-14(19)12-8-11(20-3)6-7-13(12)18/h6-8,17-18H,4-5,9-10H2,1-3H3,(H,16,19). The molecule has 1 aromatic carbocycles. The Labute approximate surface area is 119 Å². The summed E-state index contributed by atoms with van der Waals surface area (Å²) < 4.78 is 5.04. The number of phenols is 1. The van der Waals surface area contributed by atoms with Gasteiger partial charge in [0, 0.05) is 12.0 Å². The molecule has 0 heterocycles. The number of carbonyl (C=O) groups excluding carboxylic acids is 1. The summed E-state index contributed by atoms with van der Waals surface area (Å²) in [5.41, 5.74) is -0.146. The molecule has 3 N–H and O–H groups in total. The summed E-state index contributed by atoms with van der Waals surface area (Å²) >= 11 is 0. The Morgan fingerprint density at radius 3 is 2.50 bits per heavy atom. The molecule has 0 unspecified atom stereocenters. The van der Waals surface area contributed by atoms with Crippen molar-refractivity contribution in [3.8, 4) is 11.5 Å². The second-order valence-corrected chi connectivity index (χ2v) is 4.93. The first-order valence-electron chi connectivity index (χ1n) is 6.78. The molecule has 0 aliphatic heterocycles. The van der Waals surface area contributed by atoms with Crippen molar-refractivity contribution in [1.29, 1.82) is 0 Å². The highest BCUT2D eigenvalue weighted by molar-refractivity contribution is 5.97. The molecule has 0 saturated carbocycles. The molecule has 1 rings (SSSR count). The van der Waals surface area contributed by atoms with Crippen LogP contribution in [-0.2, 0) is 0 Å². The molecular weight excluding hydrogens is 258 g/mol. The monoisotopic (exact) mass is 281 g/mol. The Hall–Kier alpha value is -1.75. The van der Waals surface area contributed by atoms with Crippen LogP contribution in [0.2, 0.25) is 0 Å². The van der Waals surface area contributed by atoms with Crippen LogP contribution in [0.25, 0.3) is 0 Å². The van der Waals surface area contributed by atoms with Gasteiger partial charge in [0.15, 0.2) is 0 Å². The normalized spacial score (nSPS) is 11.2. The fourth-order valence-corrected chi connectivity index (χ4v) is 1.97. The molecule has 1 aromatic rings. The molecule has 0 bridgehead atoms. The van der Waals surface area contributed by atoms with Gasteiger partial charge in [-0.15, -0.1) is 0 Å². The lowest BCUT2D eigenvalue weighted by molar-refractivity contribution is 0.0848. The largest absolute Gasteiger partial charge is 0.507 e. The van der Waals surface area contributed by atoms with Crippen molar-refractivity contribution in [1.82, 2.24) is 5.32 Å². The highest BCUT2D eigenvalue weighted by Crippen LogP contribution is 2.26. The number of aliphatic hydroxyl groups excluding tert-OH is 1. The van der Waals surface area contributed by atoms with Gasteiger partial charge < -0.3 is 20.3 Å². The van der Waals surface area contributed by atoms with Gasteiger partial charge in [0.2, 0.25) is 0 Å². The summed E-state index contributed by atoms with van der Waals surface area (Å²) in [6.07, 6.45) is 1.54. The third kappa shape index (κ3) is 3.63. The van der Waals surface area contributed by atoms with Crippen LogP contribution < -0.4 is 10.1 Å². The molecule has 5 nitrogen and oxygen atoms in total. The Kier molecular flexibility index (Phi) is 5.82. The highest BCUT2D eigenvalue weighted by atomic mass is 16.5. The van der Waals surface area contributed by atoms with E-state index in [2.05, 4.69) is 5.32 Å². The van der Waals surface area contributed by atoms with E-state index >= 15 is 0 Å². The van der Waals surface area contributed by atoms with Crippen LogP contribution in [0.15, 0.2) is 18.2 Å². The number of nitrogens with one attached hydrogen (secondary N) is 1. The summed E-state index contributed by atoms with van der Waals surface area (Å²) in [6, 6.07) is 4.50. The molecular formula is C15H23NO4. The van der Waals surface area contributed by atoms with E-state index in [4.69, 9.17) is 4.74 Å². The van der Waals surface area contributed by atoms with Crippen LogP contribution in [0, 0.1) is 5.41 Å². The minimum Gasteiger partial charge on any atom is -0.507 e. The molecule has 0 aliphatic carbocycles. The van der Waals surface area contributed by atoms with E-state index in [0.29, 0.717) is 12.3 Å². The van der Waals surface area contributed by atoms with E-state index in [0.717, 1.165) is 12.8 Å². The van der Waals surface area contributed by atoms with Gasteiger partial charge in [-0.05, 0) is 31.0 Å². The van der Waals surface area contributed by atoms with E-state index in [-0.39, 0.29) is 29.2 Å². The molecule has 0 atom stereocenters. The number of amides is 1. The first-order valence-corrected chi connectivity index (χ1v) is 6.78. The predicted octanol–water partition coefficient (Wildman–Crippen LogP) is 1.93. The third-order valence-corrected chi connectivity index (χ3v) is 3.91. The molecule has 0 aliphatic rings. The first kappa shape index (κ1) is 16.3. The highest BCUT2D eigenvalue weighted by Gasteiger charge is 2.26. The lowest BCUT2D eigenvalue weighted by Gasteiger charge is -2.29. The number of benzene rings is 1. The van der Waals surface area contributed by atoms with Gasteiger partial charge in [-0.2, -0.15) is 0 Å². The number of carbonyl (C=O) groups is 1. The van der Waals surface area contributed by atoms with Gasteiger partial charge in [0.1, 0.15) is 11.5 Å². The average Bonchev–Trinajstić information content (AvgIpc) is 2.49. The number of phenolic OH excluding ortho intramolecular Hbond substituents is 1. The molecule has 112 valence electrons. The van der Waals surface area contributed by atoms with E-state index in [1.165, 1.54) is 19.2 Å². The van der Waals surface area contributed by atoms with Crippen molar-refractivity contribution in [2.45, 2.75) is 26.7 Å². The fourth-order valence-electron chi connectivity index (χ4n) is 1.97. The van der Waals surface area contributed by atoms with Gasteiger partial charge in [-0.25, -0.2) is 0 Å². The zero-order valence-corrected chi connectivity index (χ0v) is 12.3. The number of hydrogen-bond donors (Lipinski definition) is 3. The predicted molar refractivity (Wildman–Crippen MR) is 77.1 cm³/mol. The van der Waals surface area contributed by atoms with E-state index in [1.807, 2.05) is 13.8 Å². The maximum absolute atomic E-state index is 12.1. The number of ether oxygens (including phenoxy) is 1. The quantitative estimate of drug-likeness (QED) is 0.713. The Morgan fingerprint density at radius 2 is 2.00 bits per heavy atom. The summed E-state index contributed by atoms with van der Waals surface area (Å²) in [4.78, 5) is 12.1. The van der Waals surface area contributed by atoms with Crippen LogP contribution in [0.1, 0.15) is 37.0 Å².